The van der Waals surface area contributed by atoms with Gasteiger partial charge in [-0.25, -0.2) is 0 Å². The zero-order valence-corrected chi connectivity index (χ0v) is 18.4. The van der Waals surface area contributed by atoms with Gasteiger partial charge in [-0.2, -0.15) is 0 Å². The molecule has 0 fully saturated rings. The number of aromatic amines is 1. The Kier molecular flexibility index (Phi) is 4.38. The van der Waals surface area contributed by atoms with Gasteiger partial charge >= 0.3 is 176 Å². The summed E-state index contributed by atoms with van der Waals surface area (Å²) in [7, 11) is 1.69. The Morgan fingerprint density at radius 3 is 2.72 bits per heavy atom. The number of methoxy groups -OCH3 is 1. The molecule has 1 N–H and O–H groups in total. The van der Waals surface area contributed by atoms with Crippen molar-refractivity contribution in [2.45, 2.75) is 24.8 Å². The first-order valence-corrected chi connectivity index (χ1v) is 11.3. The van der Waals surface area contributed by atoms with Crippen molar-refractivity contribution >= 4 is 30.2 Å². The van der Waals surface area contributed by atoms with Crippen LogP contribution < -0.4 is 13.9 Å². The number of fused-ring (bicyclic) bond motifs is 4. The van der Waals surface area contributed by atoms with Crippen LogP contribution in [0.4, 0.5) is 0 Å². The molecule has 4 aromatic rings. The van der Waals surface area contributed by atoms with E-state index < -0.39 is 0 Å². The molecule has 1 aliphatic heterocycles. The number of rotatable bonds is 4. The van der Waals surface area contributed by atoms with Crippen LogP contribution in [-0.2, 0) is 10.9 Å². The molecule has 0 saturated heterocycles. The minimum atomic E-state index is 0.0628. The van der Waals surface area contributed by atoms with Crippen molar-refractivity contribution < 1.29 is 9.47 Å². The molecule has 3 aromatic carbocycles. The minimum absolute atomic E-state index is 0.0628. The van der Waals surface area contributed by atoms with Crippen LogP contribution in [0.1, 0.15) is 25.1 Å². The number of imidazole rings is 1. The third-order valence-electron chi connectivity index (χ3n) is 5.39. The first-order valence-electron chi connectivity index (χ1n) is 9.61. The third kappa shape index (κ3) is 3.11. The van der Waals surface area contributed by atoms with E-state index in [1.54, 1.807) is 13.4 Å². The maximum absolute atomic E-state index is 6.28. The topological polar surface area (TPSA) is 47.1 Å². The molecule has 5 rings (SSSR count). The molecule has 29 heavy (non-hydrogen) atoms. The molecule has 4 nitrogen and oxygen atoms in total. The van der Waals surface area contributed by atoms with E-state index in [0.29, 0.717) is 6.61 Å². The van der Waals surface area contributed by atoms with Crippen molar-refractivity contribution in [1.29, 1.82) is 0 Å². The summed E-state index contributed by atoms with van der Waals surface area (Å²) in [5.74, 6) is 1.53. The molecule has 0 saturated carbocycles. The van der Waals surface area contributed by atoms with Crippen LogP contribution in [0, 0.1) is 0 Å². The average Bonchev–Trinajstić information content (AvgIpc) is 3.23. The summed E-state index contributed by atoms with van der Waals surface area (Å²) >= 11 is 0.256. The van der Waals surface area contributed by atoms with Gasteiger partial charge in [0.25, 0.3) is 0 Å². The number of hydrogen-bond acceptors (Lipinski definition) is 3. The van der Waals surface area contributed by atoms with Crippen LogP contribution in [0.25, 0.3) is 22.0 Å². The number of aromatic nitrogens is 2. The molecular weight excluding hydrogens is 427 g/mol. The second kappa shape index (κ2) is 6.94. The van der Waals surface area contributed by atoms with E-state index in [4.69, 9.17) is 9.47 Å². The van der Waals surface area contributed by atoms with Crippen molar-refractivity contribution in [2.24, 2.45) is 0 Å². The number of nitrogens with zero attached hydrogens (tertiary/aromatic N) is 1. The predicted molar refractivity (Wildman–Crippen MR) is 117 cm³/mol. The number of ether oxygens (including phenoxy) is 2. The molecule has 1 aliphatic rings. The molecule has 0 amide bonds. The van der Waals surface area contributed by atoms with Gasteiger partial charge in [-0.05, 0) is 0 Å². The van der Waals surface area contributed by atoms with Crippen molar-refractivity contribution in [3.8, 4) is 22.8 Å². The molecule has 1 aromatic heterocycles. The fourth-order valence-corrected chi connectivity index (χ4v) is 6.54. The Bertz CT molecular complexity index is 1210. The quantitative estimate of drug-likeness (QED) is 0.470. The summed E-state index contributed by atoms with van der Waals surface area (Å²) in [5.41, 5.74) is 4.55. The molecule has 2 heterocycles. The number of hydrogen-bond donors (Lipinski definition) is 1. The van der Waals surface area contributed by atoms with E-state index in [-0.39, 0.29) is 19.3 Å². The first-order chi connectivity index (χ1) is 14.1. The molecule has 0 spiro atoms. The molecule has 0 bridgehead atoms. The Morgan fingerprint density at radius 1 is 1.03 bits per heavy atom. The molecule has 5 heteroatoms. The van der Waals surface area contributed by atoms with E-state index in [0.717, 1.165) is 22.8 Å². The van der Waals surface area contributed by atoms with Crippen molar-refractivity contribution in [2.75, 3.05) is 7.11 Å². The number of H-pyrrole nitrogens is 1. The normalized spacial score (nSPS) is 14.3. The van der Waals surface area contributed by atoms with Gasteiger partial charge in [-0.15, -0.1) is 0 Å². The van der Waals surface area contributed by atoms with Crippen molar-refractivity contribution in [3.05, 3.63) is 72.2 Å². The summed E-state index contributed by atoms with van der Waals surface area (Å²) in [4.78, 5) is 7.92. The summed E-state index contributed by atoms with van der Waals surface area (Å²) in [6.07, 6.45) is 1.79. The van der Waals surface area contributed by atoms with Gasteiger partial charge in [-0.3, -0.25) is 0 Å². The van der Waals surface area contributed by atoms with Crippen LogP contribution in [0.5, 0.6) is 11.5 Å². The summed E-state index contributed by atoms with van der Waals surface area (Å²) in [6, 6.07) is 19.0. The van der Waals surface area contributed by atoms with Crippen molar-refractivity contribution in [1.82, 2.24) is 9.97 Å². The van der Waals surface area contributed by atoms with E-state index in [2.05, 4.69) is 78.4 Å². The second-order valence-corrected chi connectivity index (χ2v) is 11.2. The molecule has 0 unspecified atom stereocenters. The zero-order valence-electron chi connectivity index (χ0n) is 16.7. The molecule has 146 valence electrons. The Labute approximate surface area is 176 Å². The van der Waals surface area contributed by atoms with Gasteiger partial charge in [0, 0.05) is 0 Å². The fraction of sp³-hybridized carbons (Fsp3) is 0.208. The van der Waals surface area contributed by atoms with E-state index in [1.807, 2.05) is 0 Å². The average molecular weight is 449 g/mol. The van der Waals surface area contributed by atoms with Crippen LogP contribution in [-0.4, -0.2) is 32.0 Å². The van der Waals surface area contributed by atoms with E-state index in [9.17, 15) is 0 Å². The van der Waals surface area contributed by atoms with E-state index >= 15 is 0 Å². The first kappa shape index (κ1) is 18.3. The number of nitrogens with one attached hydrogen (secondary N) is 1. The van der Waals surface area contributed by atoms with Gasteiger partial charge in [0.1, 0.15) is 0 Å². The third-order valence-corrected chi connectivity index (χ3v) is 8.06. The van der Waals surface area contributed by atoms with Gasteiger partial charge in [0.2, 0.25) is 0 Å². The second-order valence-electron chi connectivity index (χ2n) is 7.66. The Hall–Kier alpha value is -2.75. The van der Waals surface area contributed by atoms with E-state index in [1.165, 1.54) is 26.5 Å². The summed E-state index contributed by atoms with van der Waals surface area (Å²) < 4.78 is 13.3. The maximum atomic E-state index is 6.28. The SMILES string of the molecule is COc1cc2c(cc1OCc1cccc3ccccc13)[Se]C(C)(C)c1[nH]cnc1-2. The predicted octanol–water partition coefficient (Wildman–Crippen LogP) is 4.40. The van der Waals surface area contributed by atoms with Crippen LogP contribution in [0.15, 0.2) is 60.9 Å². The fourth-order valence-electron chi connectivity index (χ4n) is 3.94. The standard InChI is InChI=1S/C24H22N2O2Se/c1-24(2)23-22(25-14-26-23)18-11-19(27-3)20(12-21(18)29-24)28-13-16-9-6-8-15-7-4-5-10-17(15)16/h4-12,14H,13H2,1-3H3,(H,25,26). The van der Waals surface area contributed by atoms with Gasteiger partial charge in [0.05, 0.1) is 0 Å². The zero-order chi connectivity index (χ0) is 20.0. The summed E-state index contributed by atoms with van der Waals surface area (Å²) in [5, 5.41) is 2.44. The van der Waals surface area contributed by atoms with Crippen LogP contribution >= 0.6 is 0 Å². The number of benzene rings is 3. The monoisotopic (exact) mass is 450 g/mol. The summed E-state index contributed by atoms with van der Waals surface area (Å²) in [6.45, 7) is 5.04. The Balaban J connectivity index is 1.52. The molecule has 0 radical (unpaired) electrons. The van der Waals surface area contributed by atoms with Gasteiger partial charge < -0.3 is 0 Å². The molecule has 0 atom stereocenters. The van der Waals surface area contributed by atoms with Crippen LogP contribution in [0.2, 0.25) is 0 Å². The van der Waals surface area contributed by atoms with Crippen LogP contribution in [0.3, 0.4) is 0 Å². The molecular formula is C24H22N2O2Se. The Morgan fingerprint density at radius 2 is 1.86 bits per heavy atom. The molecule has 0 aliphatic carbocycles. The van der Waals surface area contributed by atoms with Gasteiger partial charge in [0.15, 0.2) is 0 Å². The van der Waals surface area contributed by atoms with Crippen molar-refractivity contribution in [3.63, 3.8) is 0 Å². The van der Waals surface area contributed by atoms with Gasteiger partial charge in [-0.1, -0.05) is 0 Å².